The van der Waals surface area contributed by atoms with Gasteiger partial charge in [0.25, 0.3) is 0 Å². The molecule has 0 aromatic carbocycles. The monoisotopic (exact) mass is 159 g/mol. The molecule has 3 nitrogen and oxygen atoms in total. The van der Waals surface area contributed by atoms with Gasteiger partial charge in [-0.05, 0) is 26.2 Å². The van der Waals surface area contributed by atoms with Crippen LogP contribution in [0.5, 0.6) is 0 Å². The number of hydrogen-bond donors (Lipinski definition) is 0. The van der Waals surface area contributed by atoms with E-state index in [9.17, 15) is 5.21 Å². The Bertz CT molecular complexity index is 84.2. The third-order valence-corrected chi connectivity index (χ3v) is 1.91. The predicted molar refractivity (Wildman–Crippen MR) is 48.4 cm³/mol. The van der Waals surface area contributed by atoms with Gasteiger partial charge in [-0.2, -0.15) is 0 Å². The topological polar surface area (TPSA) is 29.5 Å². The van der Waals surface area contributed by atoms with Crippen molar-refractivity contribution in [3.8, 4) is 0 Å². The Hall–Kier alpha value is -0.120. The van der Waals surface area contributed by atoms with Gasteiger partial charge in [-0.15, -0.1) is 0 Å². The average Bonchev–Trinajstić information content (AvgIpc) is 2.06. The maximum absolute atomic E-state index is 10.8. The first-order valence-electron chi connectivity index (χ1n) is 4.39. The van der Waals surface area contributed by atoms with Crippen molar-refractivity contribution in [3.63, 3.8) is 0 Å². The lowest BCUT2D eigenvalue weighted by molar-refractivity contribution is 0.260. The second-order valence-corrected chi connectivity index (χ2v) is 2.55. The maximum atomic E-state index is 10.8. The molecule has 0 N–H and O–H groups in total. The maximum Gasteiger partial charge on any atom is 0.00998 e. The summed E-state index contributed by atoms with van der Waals surface area (Å²) in [6, 6.07) is 0. The summed E-state index contributed by atoms with van der Waals surface area (Å²) >= 11 is 0. The molecule has 0 unspecified atom stereocenters. The smallest absolute Gasteiger partial charge is 0.00998 e. The van der Waals surface area contributed by atoms with Crippen LogP contribution < -0.4 is 0 Å². The molecule has 0 fully saturated rings. The molecule has 68 valence electrons. The molecule has 3 heteroatoms. The van der Waals surface area contributed by atoms with E-state index in [1.807, 2.05) is 6.92 Å². The molecule has 0 amide bonds. The zero-order chi connectivity index (χ0) is 8.69. The fraction of sp³-hybridized carbons (Fsp3) is 1.00. The Morgan fingerprint density at radius 2 is 1.45 bits per heavy atom. The zero-order valence-corrected chi connectivity index (χ0v) is 7.84. The van der Waals surface area contributed by atoms with Gasteiger partial charge in [0.2, 0.25) is 0 Å². The van der Waals surface area contributed by atoms with Crippen LogP contribution in [0.2, 0.25) is 0 Å². The van der Waals surface area contributed by atoms with Crippen molar-refractivity contribution >= 4 is 0 Å². The van der Waals surface area contributed by atoms with Crippen LogP contribution in [0, 0.1) is 5.21 Å². The van der Waals surface area contributed by atoms with Crippen LogP contribution in [-0.4, -0.2) is 42.7 Å². The van der Waals surface area contributed by atoms with Gasteiger partial charge in [0.1, 0.15) is 0 Å². The van der Waals surface area contributed by atoms with Crippen molar-refractivity contribution in [2.75, 3.05) is 32.7 Å². The van der Waals surface area contributed by atoms with E-state index in [1.54, 1.807) is 0 Å². The van der Waals surface area contributed by atoms with E-state index >= 15 is 0 Å². The molecule has 0 aliphatic rings. The molecule has 0 aliphatic heterocycles. The van der Waals surface area contributed by atoms with Crippen LogP contribution in [0.3, 0.4) is 0 Å². The van der Waals surface area contributed by atoms with Gasteiger partial charge < -0.3 is 15.2 Å². The van der Waals surface area contributed by atoms with E-state index < -0.39 is 0 Å². The highest BCUT2D eigenvalue weighted by atomic mass is 16.5. The first-order valence-corrected chi connectivity index (χ1v) is 4.39. The molecule has 0 radical (unpaired) electrons. The van der Waals surface area contributed by atoms with Gasteiger partial charge in [0.15, 0.2) is 0 Å². The lowest BCUT2D eigenvalue weighted by Crippen LogP contribution is -2.32. The van der Waals surface area contributed by atoms with Crippen molar-refractivity contribution in [3.05, 3.63) is 5.21 Å². The van der Waals surface area contributed by atoms with E-state index in [4.69, 9.17) is 0 Å². The van der Waals surface area contributed by atoms with Crippen LogP contribution in [0.4, 0.5) is 0 Å². The Morgan fingerprint density at radius 1 is 0.909 bits per heavy atom. The van der Waals surface area contributed by atoms with E-state index in [1.165, 1.54) is 0 Å². The van der Waals surface area contributed by atoms with Crippen molar-refractivity contribution in [1.82, 2.24) is 9.96 Å². The number of likely N-dealkylation sites (N-methyl/N-ethyl adjacent to an activating group) is 2. The lowest BCUT2D eigenvalue weighted by atomic mass is 10.4. The molecule has 0 spiro atoms. The summed E-state index contributed by atoms with van der Waals surface area (Å²) in [5.41, 5.74) is 0. The summed E-state index contributed by atoms with van der Waals surface area (Å²) in [6.07, 6.45) is 0. The Labute approximate surface area is 69.6 Å². The first-order chi connectivity index (χ1) is 5.24. The van der Waals surface area contributed by atoms with E-state index in [0.717, 1.165) is 24.7 Å². The van der Waals surface area contributed by atoms with Crippen LogP contribution in [0.15, 0.2) is 0 Å². The van der Waals surface area contributed by atoms with Gasteiger partial charge in [0, 0.05) is 6.54 Å². The van der Waals surface area contributed by atoms with Crippen LogP contribution >= 0.6 is 0 Å². The summed E-state index contributed by atoms with van der Waals surface area (Å²) in [5.74, 6) is 0. The molecular formula is C8H19N2O-. The van der Waals surface area contributed by atoms with Crippen molar-refractivity contribution in [2.45, 2.75) is 20.8 Å². The SMILES string of the molecule is CCN([O-])CCN(CC)CC. The molecule has 0 rings (SSSR count). The minimum atomic E-state index is 0.598. The second-order valence-electron chi connectivity index (χ2n) is 2.55. The molecular weight excluding hydrogens is 140 g/mol. The van der Waals surface area contributed by atoms with Crippen molar-refractivity contribution < 1.29 is 0 Å². The van der Waals surface area contributed by atoms with Gasteiger partial charge in [-0.25, -0.2) is 0 Å². The normalized spacial score (nSPS) is 11.5. The van der Waals surface area contributed by atoms with Gasteiger partial charge in [-0.1, -0.05) is 20.8 Å². The third-order valence-electron chi connectivity index (χ3n) is 1.91. The second kappa shape index (κ2) is 6.58. The van der Waals surface area contributed by atoms with E-state index in [-0.39, 0.29) is 0 Å². The third kappa shape index (κ3) is 5.18. The van der Waals surface area contributed by atoms with E-state index in [0.29, 0.717) is 13.1 Å². The largest absolute Gasteiger partial charge is 0.785 e. The summed E-state index contributed by atoms with van der Waals surface area (Å²) in [6.45, 7) is 10.3. The summed E-state index contributed by atoms with van der Waals surface area (Å²) in [7, 11) is 0. The van der Waals surface area contributed by atoms with Crippen molar-refractivity contribution in [1.29, 1.82) is 0 Å². The highest BCUT2D eigenvalue weighted by molar-refractivity contribution is 4.59. The quantitative estimate of drug-likeness (QED) is 0.544. The zero-order valence-electron chi connectivity index (χ0n) is 7.84. The summed E-state index contributed by atoms with van der Waals surface area (Å²) in [5, 5.41) is 11.9. The van der Waals surface area contributed by atoms with Gasteiger partial charge in [0.05, 0.1) is 0 Å². The molecule has 0 aromatic heterocycles. The molecule has 0 aliphatic carbocycles. The molecule has 0 heterocycles. The number of hydrogen-bond acceptors (Lipinski definition) is 3. The average molecular weight is 159 g/mol. The molecule has 0 atom stereocenters. The van der Waals surface area contributed by atoms with Crippen LogP contribution in [0.25, 0.3) is 0 Å². The molecule has 0 bridgehead atoms. The summed E-state index contributed by atoms with van der Waals surface area (Å²) in [4.78, 5) is 2.25. The molecule has 0 saturated heterocycles. The van der Waals surface area contributed by atoms with Crippen LogP contribution in [-0.2, 0) is 0 Å². The van der Waals surface area contributed by atoms with Crippen molar-refractivity contribution in [2.24, 2.45) is 0 Å². The number of nitrogens with zero attached hydrogens (tertiary/aromatic N) is 2. The van der Waals surface area contributed by atoms with Gasteiger partial charge >= 0.3 is 0 Å². The fourth-order valence-corrected chi connectivity index (χ4v) is 0.951. The lowest BCUT2D eigenvalue weighted by Gasteiger charge is -2.29. The molecule has 0 saturated carbocycles. The fourth-order valence-electron chi connectivity index (χ4n) is 0.951. The predicted octanol–water partition coefficient (Wildman–Crippen LogP) is 1.15. The van der Waals surface area contributed by atoms with E-state index in [2.05, 4.69) is 18.7 Å². The highest BCUT2D eigenvalue weighted by Crippen LogP contribution is 1.89. The molecule has 0 aromatic rings. The highest BCUT2D eigenvalue weighted by Gasteiger charge is 1.97. The Morgan fingerprint density at radius 3 is 1.82 bits per heavy atom. The van der Waals surface area contributed by atoms with Gasteiger partial charge in [-0.3, -0.25) is 0 Å². The number of rotatable bonds is 6. The summed E-state index contributed by atoms with van der Waals surface area (Å²) < 4.78 is 0. The Kier molecular flexibility index (Phi) is 6.51. The van der Waals surface area contributed by atoms with Crippen LogP contribution in [0.1, 0.15) is 20.8 Å². The standard InChI is InChI=1S/C8H19N2O/c1-4-9(5-2)7-8-10(11)6-3/h4-8H2,1-3H3/q-1. The molecule has 11 heavy (non-hydrogen) atoms. The minimum absolute atomic E-state index is 0.598. The Balaban J connectivity index is 3.34. The number of hydroxylamine groups is 2. The minimum Gasteiger partial charge on any atom is -0.785 e. The first kappa shape index (κ1) is 10.9.